The van der Waals surface area contributed by atoms with E-state index in [2.05, 4.69) is 179 Å². The molecule has 0 aromatic carbocycles. The summed E-state index contributed by atoms with van der Waals surface area (Å²) in [5.41, 5.74) is 0. The highest BCUT2D eigenvalue weighted by Gasteiger charge is 2.19. The van der Waals surface area contributed by atoms with Gasteiger partial charge < -0.3 is 14.2 Å². The normalized spacial score (nSPS) is 13.2. The predicted molar refractivity (Wildman–Crippen MR) is 334 cm³/mol. The molecule has 432 valence electrons. The average Bonchev–Trinajstić information content (AvgIpc) is 3.43. The lowest BCUT2D eigenvalue weighted by Gasteiger charge is -2.18. The number of allylic oxidation sites excluding steroid dienone is 26. The number of ether oxygens (including phenoxy) is 3. The maximum Gasteiger partial charge on any atom is 0.306 e. The van der Waals surface area contributed by atoms with Gasteiger partial charge in [-0.1, -0.05) is 249 Å². The van der Waals surface area contributed by atoms with Crippen LogP contribution in [-0.4, -0.2) is 37.2 Å². The summed E-state index contributed by atoms with van der Waals surface area (Å²) < 4.78 is 16.9. The van der Waals surface area contributed by atoms with Gasteiger partial charge in [-0.3, -0.25) is 14.4 Å². The summed E-state index contributed by atoms with van der Waals surface area (Å²) >= 11 is 0. The Kier molecular flexibility index (Phi) is 59.5. The van der Waals surface area contributed by atoms with Gasteiger partial charge in [0.25, 0.3) is 0 Å². The molecule has 0 rings (SSSR count). The summed E-state index contributed by atoms with van der Waals surface area (Å²) in [6, 6.07) is 0. The van der Waals surface area contributed by atoms with Crippen LogP contribution in [0.2, 0.25) is 0 Å². The number of carbonyl (C=O) groups is 3. The lowest BCUT2D eigenvalue weighted by atomic mass is 10.1. The molecule has 0 bridgehead atoms. The number of esters is 3. The number of hydrogen-bond donors (Lipinski definition) is 0. The van der Waals surface area contributed by atoms with E-state index in [4.69, 9.17) is 14.2 Å². The largest absolute Gasteiger partial charge is 0.462 e. The average molecular weight is 1060 g/mol. The highest BCUT2D eigenvalue weighted by molar-refractivity contribution is 5.71. The maximum atomic E-state index is 12.9. The molecule has 0 aromatic rings. The van der Waals surface area contributed by atoms with Gasteiger partial charge >= 0.3 is 17.9 Å². The summed E-state index contributed by atoms with van der Waals surface area (Å²) in [4.78, 5) is 38.3. The molecule has 0 N–H and O–H groups in total. The highest BCUT2D eigenvalue weighted by Crippen LogP contribution is 2.14. The molecule has 0 fully saturated rings. The van der Waals surface area contributed by atoms with Crippen LogP contribution in [0.1, 0.15) is 252 Å². The third-order valence-corrected chi connectivity index (χ3v) is 12.5. The second kappa shape index (κ2) is 63.6. The van der Waals surface area contributed by atoms with E-state index in [1.54, 1.807) is 0 Å². The van der Waals surface area contributed by atoms with Crippen LogP contribution in [0.4, 0.5) is 0 Å². The fourth-order valence-electron chi connectivity index (χ4n) is 7.92. The lowest BCUT2D eigenvalue weighted by molar-refractivity contribution is -0.167. The second-order valence-corrected chi connectivity index (χ2v) is 19.8. The number of rotatable bonds is 54. The molecule has 0 heterocycles. The van der Waals surface area contributed by atoms with Crippen LogP contribution in [0, 0.1) is 0 Å². The Balaban J connectivity index is 4.53. The Hall–Kier alpha value is -4.97. The molecule has 0 aromatic heterocycles. The van der Waals surface area contributed by atoms with Gasteiger partial charge in [0.15, 0.2) is 6.10 Å². The Bertz CT molecular complexity index is 1740. The zero-order valence-corrected chi connectivity index (χ0v) is 49.4. The number of unbranched alkanes of at least 4 members (excludes halogenated alkanes) is 17. The minimum absolute atomic E-state index is 0.114. The molecule has 1 atom stereocenters. The summed E-state index contributed by atoms with van der Waals surface area (Å²) in [7, 11) is 0. The van der Waals surface area contributed by atoms with Crippen molar-refractivity contribution in [2.24, 2.45) is 0 Å². The van der Waals surface area contributed by atoms with Crippen molar-refractivity contribution in [1.29, 1.82) is 0 Å². The SMILES string of the molecule is CC/C=C\C/C=C\C/C=C\C/C=C\C/C=C\CCCCCCCCCC(=O)OCC(COC(=O)CCC/C=C\C/C=C\C/C=C\C/C=C\C/C=C\CC)OC(=O)CCCCCCCC/C=C\C/C=C\C/C=C\CCCCC. The van der Waals surface area contributed by atoms with Crippen LogP contribution >= 0.6 is 0 Å². The standard InChI is InChI=1S/C71H112O6/c1-4-7-10-13-16-19-22-25-28-31-33-34-35-36-38-40-43-46-49-52-55-58-61-64-70(73)76-67-68(66-75-69(72)63-60-57-54-51-48-45-42-39-30-27-24-21-18-15-12-9-6-3)77-71(74)65-62-59-56-53-50-47-44-41-37-32-29-26-23-20-17-14-11-8-5-2/h7,9-10,12,16-21,25-30,33-34,36-38,41-42,45,51,54,68H,4-6,8,11,13-15,22-24,31-32,35,39-40,43-44,46-50,52-53,55-67H2,1-3H3/b10-7-,12-9-,19-16-,20-17-,21-18-,28-25-,29-26-,30-27-,34-33-,38-36-,41-37-,45-42-,54-51-. The Morgan fingerprint density at radius 3 is 0.844 bits per heavy atom. The molecular formula is C71H112O6. The van der Waals surface area contributed by atoms with Crippen molar-refractivity contribution in [2.75, 3.05) is 13.2 Å². The van der Waals surface area contributed by atoms with Crippen LogP contribution in [0.15, 0.2) is 158 Å². The van der Waals surface area contributed by atoms with Crippen LogP contribution in [0.25, 0.3) is 0 Å². The summed E-state index contributed by atoms with van der Waals surface area (Å²) in [6.07, 6.45) is 92.4. The van der Waals surface area contributed by atoms with Crippen molar-refractivity contribution in [3.63, 3.8) is 0 Å². The van der Waals surface area contributed by atoms with Gasteiger partial charge in [-0.15, -0.1) is 0 Å². The molecule has 0 aliphatic carbocycles. The molecule has 0 amide bonds. The Labute approximate surface area is 473 Å². The summed E-state index contributed by atoms with van der Waals surface area (Å²) in [5, 5.41) is 0. The first kappa shape index (κ1) is 72.0. The maximum absolute atomic E-state index is 12.9. The first-order valence-corrected chi connectivity index (χ1v) is 31.0. The van der Waals surface area contributed by atoms with Gasteiger partial charge in [-0.05, 0) is 141 Å². The van der Waals surface area contributed by atoms with E-state index >= 15 is 0 Å². The van der Waals surface area contributed by atoms with Gasteiger partial charge in [0.1, 0.15) is 13.2 Å². The summed E-state index contributed by atoms with van der Waals surface area (Å²) in [6.45, 7) is 6.31. The predicted octanol–water partition coefficient (Wildman–Crippen LogP) is 21.3. The van der Waals surface area contributed by atoms with E-state index in [1.807, 2.05) is 0 Å². The van der Waals surface area contributed by atoms with Crippen molar-refractivity contribution in [1.82, 2.24) is 0 Å². The summed E-state index contributed by atoms with van der Waals surface area (Å²) in [5.74, 6) is -1.00. The number of hydrogen-bond acceptors (Lipinski definition) is 6. The van der Waals surface area contributed by atoms with Gasteiger partial charge in [-0.2, -0.15) is 0 Å². The molecule has 0 aliphatic heterocycles. The molecule has 1 unspecified atom stereocenters. The molecule has 0 spiro atoms. The third kappa shape index (κ3) is 61.8. The topological polar surface area (TPSA) is 78.9 Å². The monoisotopic (exact) mass is 1060 g/mol. The molecule has 0 saturated heterocycles. The van der Waals surface area contributed by atoms with Gasteiger partial charge in [0, 0.05) is 19.3 Å². The Morgan fingerprint density at radius 2 is 0.519 bits per heavy atom. The molecule has 0 saturated carbocycles. The second-order valence-electron chi connectivity index (χ2n) is 19.8. The van der Waals surface area contributed by atoms with E-state index in [0.29, 0.717) is 19.3 Å². The van der Waals surface area contributed by atoms with Gasteiger partial charge in [-0.25, -0.2) is 0 Å². The van der Waals surface area contributed by atoms with Crippen LogP contribution in [0.3, 0.4) is 0 Å². The molecule has 0 aliphatic rings. The molecule has 6 heteroatoms. The molecule has 0 radical (unpaired) electrons. The van der Waals surface area contributed by atoms with Crippen molar-refractivity contribution in [3.8, 4) is 0 Å². The minimum Gasteiger partial charge on any atom is -0.462 e. The van der Waals surface area contributed by atoms with Gasteiger partial charge in [0.2, 0.25) is 0 Å². The third-order valence-electron chi connectivity index (χ3n) is 12.5. The van der Waals surface area contributed by atoms with E-state index in [-0.39, 0.29) is 37.5 Å². The van der Waals surface area contributed by atoms with E-state index < -0.39 is 6.10 Å². The fraction of sp³-hybridized carbons (Fsp3) is 0.592. The zero-order chi connectivity index (χ0) is 55.7. The van der Waals surface area contributed by atoms with Crippen molar-refractivity contribution in [3.05, 3.63) is 158 Å². The van der Waals surface area contributed by atoms with Crippen LogP contribution in [-0.2, 0) is 28.6 Å². The number of carbonyl (C=O) groups excluding carboxylic acids is 3. The first-order chi connectivity index (χ1) is 38.0. The lowest BCUT2D eigenvalue weighted by Crippen LogP contribution is -2.30. The molecular weight excluding hydrogens is 949 g/mol. The molecule has 6 nitrogen and oxygen atoms in total. The minimum atomic E-state index is -0.823. The zero-order valence-electron chi connectivity index (χ0n) is 49.4. The van der Waals surface area contributed by atoms with Crippen molar-refractivity contribution >= 4 is 17.9 Å². The Morgan fingerprint density at radius 1 is 0.273 bits per heavy atom. The van der Waals surface area contributed by atoms with Crippen LogP contribution < -0.4 is 0 Å². The smallest absolute Gasteiger partial charge is 0.306 e. The quantitative estimate of drug-likeness (QED) is 0.0261. The van der Waals surface area contributed by atoms with Crippen LogP contribution in [0.5, 0.6) is 0 Å². The van der Waals surface area contributed by atoms with Crippen molar-refractivity contribution < 1.29 is 28.6 Å². The molecule has 77 heavy (non-hydrogen) atoms. The van der Waals surface area contributed by atoms with E-state index in [1.165, 1.54) is 64.2 Å². The van der Waals surface area contributed by atoms with Gasteiger partial charge in [0.05, 0.1) is 0 Å². The van der Waals surface area contributed by atoms with E-state index in [9.17, 15) is 14.4 Å². The first-order valence-electron chi connectivity index (χ1n) is 31.0. The van der Waals surface area contributed by atoms with Crippen molar-refractivity contribution in [2.45, 2.75) is 258 Å². The highest BCUT2D eigenvalue weighted by atomic mass is 16.6. The fourth-order valence-corrected chi connectivity index (χ4v) is 7.92. The van der Waals surface area contributed by atoms with E-state index in [0.717, 1.165) is 141 Å².